The Kier molecular flexibility index (Phi) is 7.22. The van der Waals surface area contributed by atoms with Crippen molar-refractivity contribution in [3.8, 4) is 0 Å². The van der Waals surface area contributed by atoms with Crippen molar-refractivity contribution in [2.24, 2.45) is 5.92 Å². The highest BCUT2D eigenvalue weighted by Crippen LogP contribution is 2.23. The number of carbonyl (C=O) groups excluding carboxylic acids is 3. The van der Waals surface area contributed by atoms with Gasteiger partial charge < -0.3 is 16.0 Å². The van der Waals surface area contributed by atoms with E-state index in [1.165, 1.54) is 0 Å². The highest BCUT2D eigenvalue weighted by Gasteiger charge is 2.23. The zero-order valence-electron chi connectivity index (χ0n) is 17.5. The van der Waals surface area contributed by atoms with Crippen molar-refractivity contribution in [3.63, 3.8) is 0 Å². The third-order valence-electron chi connectivity index (χ3n) is 5.51. The van der Waals surface area contributed by atoms with Gasteiger partial charge in [-0.1, -0.05) is 48.9 Å². The van der Waals surface area contributed by atoms with E-state index in [0.717, 1.165) is 36.8 Å². The lowest BCUT2D eigenvalue weighted by molar-refractivity contribution is -0.136. The topological polar surface area (TPSA) is 87.3 Å². The number of amides is 3. The van der Waals surface area contributed by atoms with Crippen LogP contribution in [0.25, 0.3) is 0 Å². The van der Waals surface area contributed by atoms with Gasteiger partial charge in [0.05, 0.1) is 11.3 Å². The van der Waals surface area contributed by atoms with E-state index in [9.17, 15) is 14.4 Å². The lowest BCUT2D eigenvalue weighted by atomic mass is 9.87. The van der Waals surface area contributed by atoms with Crippen molar-refractivity contribution in [1.82, 2.24) is 10.6 Å². The summed E-state index contributed by atoms with van der Waals surface area (Å²) in [6.45, 7) is 4.57. The first kappa shape index (κ1) is 21.6. The molecule has 6 heteroatoms. The molecule has 0 atom stereocenters. The molecule has 1 fully saturated rings. The molecule has 0 saturated heterocycles. The molecule has 3 amide bonds. The number of para-hydroxylation sites is 1. The van der Waals surface area contributed by atoms with Crippen molar-refractivity contribution in [1.29, 1.82) is 0 Å². The highest BCUT2D eigenvalue weighted by molar-refractivity contribution is 6.40. The van der Waals surface area contributed by atoms with E-state index in [2.05, 4.69) is 22.9 Å². The fourth-order valence-electron chi connectivity index (χ4n) is 3.72. The third kappa shape index (κ3) is 5.92. The average Bonchev–Trinajstić information content (AvgIpc) is 2.74. The van der Waals surface area contributed by atoms with Gasteiger partial charge in [0, 0.05) is 12.6 Å². The molecule has 3 N–H and O–H groups in total. The molecule has 1 aliphatic rings. The summed E-state index contributed by atoms with van der Waals surface area (Å²) < 4.78 is 0. The molecular formula is C24H29N3O3. The Balaban J connectivity index is 1.59. The monoisotopic (exact) mass is 407 g/mol. The summed E-state index contributed by atoms with van der Waals surface area (Å²) in [7, 11) is 0. The maximum Gasteiger partial charge on any atom is 0.313 e. The van der Waals surface area contributed by atoms with Gasteiger partial charge in [-0.05, 0) is 56.2 Å². The first-order valence-corrected chi connectivity index (χ1v) is 10.5. The highest BCUT2D eigenvalue weighted by atomic mass is 16.2. The molecule has 2 aromatic rings. The normalized spacial score (nSPS) is 18.3. The number of nitrogens with one attached hydrogen (secondary N) is 3. The smallest absolute Gasteiger partial charge is 0.313 e. The molecule has 6 nitrogen and oxygen atoms in total. The minimum atomic E-state index is -0.757. The van der Waals surface area contributed by atoms with Gasteiger partial charge in [-0.3, -0.25) is 14.4 Å². The molecule has 158 valence electrons. The molecule has 30 heavy (non-hydrogen) atoms. The van der Waals surface area contributed by atoms with Crippen molar-refractivity contribution in [2.45, 2.75) is 52.1 Å². The van der Waals surface area contributed by atoms with Crippen LogP contribution in [0.2, 0.25) is 0 Å². The second-order valence-electron chi connectivity index (χ2n) is 8.10. The number of hydrogen-bond donors (Lipinski definition) is 3. The summed E-state index contributed by atoms with van der Waals surface area (Å²) in [4.78, 5) is 37.3. The summed E-state index contributed by atoms with van der Waals surface area (Å²) in [5.41, 5.74) is 2.74. The number of aryl methyl sites for hydroxylation is 1. The van der Waals surface area contributed by atoms with Gasteiger partial charge in [-0.15, -0.1) is 0 Å². The Bertz CT molecular complexity index is 917. The molecule has 0 spiro atoms. The van der Waals surface area contributed by atoms with Crippen LogP contribution in [0.5, 0.6) is 0 Å². The van der Waals surface area contributed by atoms with Gasteiger partial charge in [0.2, 0.25) is 0 Å². The summed E-state index contributed by atoms with van der Waals surface area (Å²) in [5.74, 6) is -1.07. The van der Waals surface area contributed by atoms with Crippen molar-refractivity contribution < 1.29 is 14.4 Å². The average molecular weight is 408 g/mol. The second-order valence-corrected chi connectivity index (χ2v) is 8.10. The van der Waals surface area contributed by atoms with Gasteiger partial charge in [0.15, 0.2) is 0 Å². The molecule has 0 radical (unpaired) electrons. The minimum absolute atomic E-state index is 0.0346. The van der Waals surface area contributed by atoms with Crippen LogP contribution in [-0.2, 0) is 16.1 Å². The van der Waals surface area contributed by atoms with E-state index in [1.807, 2.05) is 31.2 Å². The molecular weight excluding hydrogens is 378 g/mol. The summed E-state index contributed by atoms with van der Waals surface area (Å²) in [5, 5.41) is 8.26. The number of carbonyl (C=O) groups is 3. The lowest BCUT2D eigenvalue weighted by Crippen LogP contribution is -2.43. The maximum atomic E-state index is 12.7. The van der Waals surface area contributed by atoms with Crippen LogP contribution in [-0.4, -0.2) is 23.8 Å². The van der Waals surface area contributed by atoms with Crippen LogP contribution in [0.15, 0.2) is 48.5 Å². The van der Waals surface area contributed by atoms with Crippen molar-refractivity contribution in [3.05, 3.63) is 65.2 Å². The molecule has 0 bridgehead atoms. The van der Waals surface area contributed by atoms with Crippen LogP contribution in [0.1, 0.15) is 54.1 Å². The van der Waals surface area contributed by atoms with E-state index in [4.69, 9.17) is 0 Å². The Labute approximate surface area is 177 Å². The number of hydrogen-bond acceptors (Lipinski definition) is 3. The standard InChI is InChI=1S/C24H29N3O3/c1-16-10-12-19(13-11-16)26-23(29)24(30)27-21-9-4-3-8-20(21)22(28)25-15-18-7-5-6-17(2)14-18/h3-9,14,16,19H,10-13,15H2,1-2H3,(H,25,28)(H,26,29)(H,27,30). The molecule has 2 aromatic carbocycles. The van der Waals surface area contributed by atoms with Crippen LogP contribution in [0, 0.1) is 12.8 Å². The van der Waals surface area contributed by atoms with E-state index in [-0.39, 0.29) is 11.9 Å². The van der Waals surface area contributed by atoms with Gasteiger partial charge in [0.25, 0.3) is 5.91 Å². The maximum absolute atomic E-state index is 12.7. The van der Waals surface area contributed by atoms with Crippen LogP contribution in [0.4, 0.5) is 5.69 Å². The van der Waals surface area contributed by atoms with Crippen LogP contribution < -0.4 is 16.0 Å². The molecule has 0 heterocycles. The second kappa shape index (κ2) is 10.1. The Hall–Kier alpha value is -3.15. The number of anilines is 1. The SMILES string of the molecule is Cc1cccc(CNC(=O)c2ccccc2NC(=O)C(=O)NC2CCC(C)CC2)c1. The first-order valence-electron chi connectivity index (χ1n) is 10.5. The molecule has 0 aliphatic heterocycles. The summed E-state index contributed by atoms with van der Waals surface area (Å²) >= 11 is 0. The summed E-state index contributed by atoms with van der Waals surface area (Å²) in [6.07, 6.45) is 3.88. The van der Waals surface area contributed by atoms with E-state index >= 15 is 0 Å². The third-order valence-corrected chi connectivity index (χ3v) is 5.51. The van der Waals surface area contributed by atoms with Crippen LogP contribution in [0.3, 0.4) is 0 Å². The largest absolute Gasteiger partial charge is 0.348 e. The number of benzene rings is 2. The van der Waals surface area contributed by atoms with Crippen molar-refractivity contribution >= 4 is 23.4 Å². The summed E-state index contributed by atoms with van der Waals surface area (Å²) in [6, 6.07) is 14.6. The zero-order valence-corrected chi connectivity index (χ0v) is 17.5. The van der Waals surface area contributed by atoms with Crippen molar-refractivity contribution in [2.75, 3.05) is 5.32 Å². The Morgan fingerprint density at radius 3 is 2.40 bits per heavy atom. The Morgan fingerprint density at radius 2 is 1.67 bits per heavy atom. The minimum Gasteiger partial charge on any atom is -0.348 e. The predicted molar refractivity (Wildman–Crippen MR) is 117 cm³/mol. The fraction of sp³-hybridized carbons (Fsp3) is 0.375. The molecule has 0 aromatic heterocycles. The van der Waals surface area contributed by atoms with Gasteiger partial charge in [-0.25, -0.2) is 0 Å². The van der Waals surface area contributed by atoms with Gasteiger partial charge >= 0.3 is 11.8 Å². The Morgan fingerprint density at radius 1 is 0.933 bits per heavy atom. The fourth-order valence-corrected chi connectivity index (χ4v) is 3.72. The van der Waals surface area contributed by atoms with E-state index in [1.54, 1.807) is 24.3 Å². The molecule has 1 aliphatic carbocycles. The zero-order chi connectivity index (χ0) is 21.5. The molecule has 1 saturated carbocycles. The first-order chi connectivity index (χ1) is 14.4. The predicted octanol–water partition coefficient (Wildman–Crippen LogP) is 3.56. The van der Waals surface area contributed by atoms with Crippen LogP contribution >= 0.6 is 0 Å². The molecule has 0 unspecified atom stereocenters. The lowest BCUT2D eigenvalue weighted by Gasteiger charge is -2.26. The van der Waals surface area contributed by atoms with Gasteiger partial charge in [0.1, 0.15) is 0 Å². The number of rotatable bonds is 5. The van der Waals surface area contributed by atoms with E-state index in [0.29, 0.717) is 23.7 Å². The van der Waals surface area contributed by atoms with Gasteiger partial charge in [-0.2, -0.15) is 0 Å². The quantitative estimate of drug-likeness (QED) is 0.663. The molecule has 3 rings (SSSR count). The van der Waals surface area contributed by atoms with E-state index < -0.39 is 11.8 Å².